The molecule has 202 valence electrons. The number of hydrogen-bond donors (Lipinski definition) is 1. The zero-order valence-electron chi connectivity index (χ0n) is 21.6. The quantitative estimate of drug-likeness (QED) is 0.165. The van der Waals surface area contributed by atoms with Crippen molar-refractivity contribution in [3.8, 4) is 11.5 Å². The van der Waals surface area contributed by atoms with Crippen LogP contribution in [0.3, 0.4) is 0 Å². The number of aromatic nitrogens is 1. The molecule has 0 radical (unpaired) electrons. The van der Waals surface area contributed by atoms with Crippen LogP contribution in [-0.2, 0) is 14.8 Å². The maximum Gasteiger partial charge on any atom is 0.264 e. The molecule has 39 heavy (non-hydrogen) atoms. The normalized spacial score (nSPS) is 11.5. The fraction of sp³-hybridized carbons (Fsp3) is 0.179. The van der Waals surface area contributed by atoms with E-state index in [0.717, 1.165) is 15.3 Å². The number of amides is 1. The first-order valence-electron chi connectivity index (χ1n) is 12.0. The van der Waals surface area contributed by atoms with Crippen molar-refractivity contribution in [1.82, 2.24) is 10.4 Å². The number of benzene rings is 3. The summed E-state index contributed by atoms with van der Waals surface area (Å²) in [7, 11) is -2.52. The highest BCUT2D eigenvalue weighted by atomic mass is 35.5. The Morgan fingerprint density at radius 2 is 1.74 bits per heavy atom. The Kier molecular flexibility index (Phi) is 8.68. The van der Waals surface area contributed by atoms with E-state index in [1.807, 2.05) is 19.9 Å². The largest absolute Gasteiger partial charge is 0.497 e. The molecule has 9 nitrogen and oxygen atoms in total. The number of halogens is 1. The molecule has 0 atom stereocenters. The number of fused-ring (bicyclic) bond motifs is 1. The zero-order chi connectivity index (χ0) is 28.0. The van der Waals surface area contributed by atoms with Gasteiger partial charge in [0.05, 0.1) is 36.0 Å². The van der Waals surface area contributed by atoms with Gasteiger partial charge in [-0.05, 0) is 68.4 Å². The van der Waals surface area contributed by atoms with Crippen molar-refractivity contribution < 1.29 is 22.7 Å². The summed E-state index contributed by atoms with van der Waals surface area (Å²) in [6.45, 7) is 3.68. The van der Waals surface area contributed by atoms with Crippen LogP contribution in [0.25, 0.3) is 10.9 Å². The first-order chi connectivity index (χ1) is 18.7. The number of hydrazone groups is 1. The monoisotopic (exact) mass is 566 g/mol. The van der Waals surface area contributed by atoms with E-state index in [1.165, 1.54) is 18.3 Å². The summed E-state index contributed by atoms with van der Waals surface area (Å²) < 4.78 is 38.8. The zero-order valence-corrected chi connectivity index (χ0v) is 23.2. The summed E-state index contributed by atoms with van der Waals surface area (Å²) in [6, 6.07) is 20.0. The maximum absolute atomic E-state index is 13.6. The van der Waals surface area contributed by atoms with Gasteiger partial charge in [-0.25, -0.2) is 18.8 Å². The Morgan fingerprint density at radius 1 is 1.05 bits per heavy atom. The molecule has 4 aromatic rings. The minimum atomic E-state index is -4.08. The number of nitrogens with one attached hydrogen (secondary N) is 1. The van der Waals surface area contributed by atoms with Crippen LogP contribution in [0.4, 0.5) is 5.69 Å². The van der Waals surface area contributed by atoms with E-state index in [0.29, 0.717) is 34.9 Å². The number of carbonyl (C=O) groups excluding carboxylic acids is 1. The Bertz CT molecular complexity index is 1610. The molecular weight excluding hydrogens is 540 g/mol. The lowest BCUT2D eigenvalue weighted by molar-refractivity contribution is -0.119. The molecule has 0 aliphatic heterocycles. The number of hydrogen-bond acceptors (Lipinski definition) is 7. The highest BCUT2D eigenvalue weighted by molar-refractivity contribution is 7.92. The first-order valence-corrected chi connectivity index (χ1v) is 13.8. The number of carbonyl (C=O) groups is 1. The van der Waals surface area contributed by atoms with Gasteiger partial charge in [0.1, 0.15) is 23.2 Å². The van der Waals surface area contributed by atoms with Crippen LogP contribution < -0.4 is 19.2 Å². The van der Waals surface area contributed by atoms with E-state index in [1.54, 1.807) is 61.7 Å². The molecule has 1 aromatic heterocycles. The van der Waals surface area contributed by atoms with Crippen LogP contribution in [0.2, 0.25) is 5.15 Å². The Hall–Kier alpha value is -4.15. The number of rotatable bonds is 10. The minimum Gasteiger partial charge on any atom is -0.497 e. The number of nitrogens with zero attached hydrogens (tertiary/aromatic N) is 3. The average molecular weight is 567 g/mol. The summed E-state index contributed by atoms with van der Waals surface area (Å²) >= 11 is 6.30. The number of ether oxygens (including phenoxy) is 2. The third-order valence-corrected chi connectivity index (χ3v) is 7.82. The van der Waals surface area contributed by atoms with Gasteiger partial charge in [-0.1, -0.05) is 29.3 Å². The highest BCUT2D eigenvalue weighted by Gasteiger charge is 2.27. The summed E-state index contributed by atoms with van der Waals surface area (Å²) in [5, 5.41) is 4.97. The number of methoxy groups -OCH3 is 1. The lowest BCUT2D eigenvalue weighted by Crippen LogP contribution is -2.39. The van der Waals surface area contributed by atoms with E-state index >= 15 is 0 Å². The van der Waals surface area contributed by atoms with Crippen molar-refractivity contribution >= 4 is 50.3 Å². The van der Waals surface area contributed by atoms with Gasteiger partial charge in [0.15, 0.2) is 0 Å². The molecule has 0 saturated heterocycles. The van der Waals surface area contributed by atoms with Crippen LogP contribution in [0.1, 0.15) is 18.1 Å². The van der Waals surface area contributed by atoms with Gasteiger partial charge in [0.25, 0.3) is 15.9 Å². The SMILES string of the molecule is CCOc1ccc(S(=O)(=O)N(CC(=O)NN=Cc2cc3ccc(OC)cc3nc2Cl)c2ccc(C)cc2)cc1. The van der Waals surface area contributed by atoms with Gasteiger partial charge in [0.2, 0.25) is 0 Å². The average Bonchev–Trinajstić information content (AvgIpc) is 2.92. The van der Waals surface area contributed by atoms with Gasteiger partial charge in [-0.3, -0.25) is 9.10 Å². The van der Waals surface area contributed by atoms with Crippen molar-refractivity contribution in [2.24, 2.45) is 5.10 Å². The van der Waals surface area contributed by atoms with Gasteiger partial charge in [-0.2, -0.15) is 5.10 Å². The molecule has 0 bridgehead atoms. The molecule has 11 heteroatoms. The second-order valence-electron chi connectivity index (χ2n) is 8.47. The second kappa shape index (κ2) is 12.1. The van der Waals surface area contributed by atoms with Crippen LogP contribution in [0, 0.1) is 6.92 Å². The molecule has 0 spiro atoms. The topological polar surface area (TPSA) is 110 Å². The number of anilines is 1. The van der Waals surface area contributed by atoms with E-state index in [-0.39, 0.29) is 10.0 Å². The molecule has 0 unspecified atom stereocenters. The number of aryl methyl sites for hydroxylation is 1. The predicted octanol–water partition coefficient (Wildman–Crippen LogP) is 4.95. The van der Waals surface area contributed by atoms with E-state index in [4.69, 9.17) is 21.1 Å². The number of pyridine rings is 1. The van der Waals surface area contributed by atoms with E-state index in [2.05, 4.69) is 15.5 Å². The Labute approximate surface area is 232 Å². The fourth-order valence-electron chi connectivity index (χ4n) is 3.72. The van der Waals surface area contributed by atoms with Gasteiger partial charge in [0, 0.05) is 17.0 Å². The molecule has 1 amide bonds. The lowest BCUT2D eigenvalue weighted by Gasteiger charge is -2.24. The van der Waals surface area contributed by atoms with E-state index < -0.39 is 22.5 Å². The summed E-state index contributed by atoms with van der Waals surface area (Å²) in [4.78, 5) is 17.2. The molecule has 3 aromatic carbocycles. The van der Waals surface area contributed by atoms with Crippen molar-refractivity contribution in [2.75, 3.05) is 24.6 Å². The van der Waals surface area contributed by atoms with Crippen molar-refractivity contribution in [1.29, 1.82) is 0 Å². The predicted molar refractivity (Wildman–Crippen MR) is 152 cm³/mol. The summed E-state index contributed by atoms with van der Waals surface area (Å²) in [6.07, 6.45) is 1.36. The van der Waals surface area contributed by atoms with E-state index in [9.17, 15) is 13.2 Å². The second-order valence-corrected chi connectivity index (χ2v) is 10.7. The van der Waals surface area contributed by atoms with Crippen LogP contribution in [0.15, 0.2) is 82.8 Å². The van der Waals surface area contributed by atoms with Crippen LogP contribution >= 0.6 is 11.6 Å². The van der Waals surface area contributed by atoms with Crippen molar-refractivity contribution in [2.45, 2.75) is 18.7 Å². The molecule has 0 saturated carbocycles. The summed E-state index contributed by atoms with van der Waals surface area (Å²) in [5.74, 6) is 0.556. The lowest BCUT2D eigenvalue weighted by atomic mass is 10.1. The van der Waals surface area contributed by atoms with Gasteiger partial charge < -0.3 is 9.47 Å². The smallest absolute Gasteiger partial charge is 0.264 e. The molecular formula is C28H27ClN4O5S. The minimum absolute atomic E-state index is 0.0217. The third kappa shape index (κ3) is 6.65. The van der Waals surface area contributed by atoms with Gasteiger partial charge in [-0.15, -0.1) is 0 Å². The van der Waals surface area contributed by atoms with Crippen molar-refractivity contribution in [3.63, 3.8) is 0 Å². The van der Waals surface area contributed by atoms with Crippen LogP contribution in [-0.4, -0.2) is 45.8 Å². The first kappa shape index (κ1) is 27.9. The molecule has 0 aliphatic carbocycles. The molecule has 0 aliphatic rings. The maximum atomic E-state index is 13.6. The standard InChI is InChI=1S/C28H27ClN4O5S/c1-4-38-23-11-13-25(14-12-23)39(35,36)33(22-8-5-19(2)6-9-22)18-27(34)32-30-17-21-15-20-7-10-24(37-3)16-26(20)31-28(21)29/h5-17H,4,18H2,1-3H3,(H,32,34). The fourth-order valence-corrected chi connectivity index (χ4v) is 5.34. The molecule has 1 N–H and O–H groups in total. The molecule has 1 heterocycles. The number of sulfonamides is 1. The summed E-state index contributed by atoms with van der Waals surface area (Å²) in [5.41, 5.74) is 4.80. The Balaban J connectivity index is 1.55. The third-order valence-electron chi connectivity index (χ3n) is 5.73. The van der Waals surface area contributed by atoms with Crippen molar-refractivity contribution in [3.05, 3.63) is 89.1 Å². The van der Waals surface area contributed by atoms with Gasteiger partial charge >= 0.3 is 0 Å². The molecule has 0 fully saturated rings. The van der Waals surface area contributed by atoms with Crippen LogP contribution in [0.5, 0.6) is 11.5 Å². The molecule has 4 rings (SSSR count). The highest BCUT2D eigenvalue weighted by Crippen LogP contribution is 2.26. The Morgan fingerprint density at radius 3 is 2.41 bits per heavy atom.